The van der Waals surface area contributed by atoms with Crippen molar-refractivity contribution >= 4 is 5.97 Å². The van der Waals surface area contributed by atoms with Gasteiger partial charge in [-0.1, -0.05) is 12.1 Å². The van der Waals surface area contributed by atoms with Crippen molar-refractivity contribution in [2.75, 3.05) is 26.7 Å². The van der Waals surface area contributed by atoms with Crippen LogP contribution in [-0.4, -0.2) is 42.7 Å². The quantitative estimate of drug-likeness (QED) is 0.784. The molecule has 0 aliphatic carbocycles. The molecule has 0 radical (unpaired) electrons. The summed E-state index contributed by atoms with van der Waals surface area (Å²) >= 11 is 0. The van der Waals surface area contributed by atoms with Crippen LogP contribution in [0.3, 0.4) is 0 Å². The maximum Gasteiger partial charge on any atom is 0.304 e. The molecule has 0 saturated heterocycles. The highest BCUT2D eigenvalue weighted by Crippen LogP contribution is 2.19. The monoisotopic (exact) mass is 265 g/mol. The van der Waals surface area contributed by atoms with Crippen molar-refractivity contribution in [2.24, 2.45) is 0 Å². The second-order valence-electron chi connectivity index (χ2n) is 4.73. The highest BCUT2D eigenvalue weighted by atomic mass is 16.5. The fourth-order valence-electron chi connectivity index (χ4n) is 1.90. The Morgan fingerprint density at radius 3 is 2.68 bits per heavy atom. The molecule has 1 N–H and O–H groups in total. The summed E-state index contributed by atoms with van der Waals surface area (Å²) in [6.07, 6.45) is 1.11. The predicted molar refractivity (Wildman–Crippen MR) is 75.8 cm³/mol. The Kier molecular flexibility index (Phi) is 6.36. The van der Waals surface area contributed by atoms with Crippen molar-refractivity contribution in [3.63, 3.8) is 0 Å². The van der Waals surface area contributed by atoms with Crippen LogP contribution in [0.25, 0.3) is 0 Å². The molecule has 0 aliphatic rings. The van der Waals surface area contributed by atoms with E-state index in [9.17, 15) is 4.79 Å². The molecule has 19 heavy (non-hydrogen) atoms. The van der Waals surface area contributed by atoms with Crippen LogP contribution in [0.5, 0.6) is 5.75 Å². The van der Waals surface area contributed by atoms with Crippen LogP contribution in [0.4, 0.5) is 0 Å². The first-order valence-electron chi connectivity index (χ1n) is 6.65. The van der Waals surface area contributed by atoms with Crippen LogP contribution >= 0.6 is 0 Å². The number of carbonyl (C=O) groups is 1. The summed E-state index contributed by atoms with van der Waals surface area (Å²) in [5.41, 5.74) is 2.40. The second-order valence-corrected chi connectivity index (χ2v) is 4.73. The zero-order valence-electron chi connectivity index (χ0n) is 12.0. The van der Waals surface area contributed by atoms with E-state index in [0.717, 1.165) is 24.3 Å². The second kappa shape index (κ2) is 7.79. The van der Waals surface area contributed by atoms with Gasteiger partial charge in [0.2, 0.25) is 0 Å². The van der Waals surface area contributed by atoms with Crippen LogP contribution in [0.1, 0.15) is 24.5 Å². The number of aliphatic carboxylic acids is 1. The van der Waals surface area contributed by atoms with Crippen molar-refractivity contribution in [3.05, 3.63) is 29.3 Å². The number of hydrogen-bond acceptors (Lipinski definition) is 3. The van der Waals surface area contributed by atoms with Crippen molar-refractivity contribution < 1.29 is 14.6 Å². The molecule has 1 aromatic rings. The van der Waals surface area contributed by atoms with Gasteiger partial charge in [-0.05, 0) is 44.5 Å². The van der Waals surface area contributed by atoms with E-state index < -0.39 is 5.97 Å². The third-order valence-corrected chi connectivity index (χ3v) is 3.03. The van der Waals surface area contributed by atoms with E-state index in [1.807, 2.05) is 31.9 Å². The first-order chi connectivity index (χ1) is 9.02. The highest BCUT2D eigenvalue weighted by Gasteiger charge is 2.04. The first kappa shape index (κ1) is 15.5. The number of hydrogen-bond donors (Lipinski definition) is 1. The Morgan fingerprint density at radius 1 is 1.37 bits per heavy atom. The zero-order valence-corrected chi connectivity index (χ0v) is 12.0. The largest absolute Gasteiger partial charge is 0.494 e. The van der Waals surface area contributed by atoms with Gasteiger partial charge in [0.05, 0.1) is 13.0 Å². The minimum atomic E-state index is -0.747. The molecule has 0 heterocycles. The Labute approximate surface area is 115 Å². The number of carboxylic acid groups (broad SMARTS) is 1. The van der Waals surface area contributed by atoms with Gasteiger partial charge in [0.15, 0.2) is 0 Å². The number of carboxylic acids is 1. The lowest BCUT2D eigenvalue weighted by Gasteiger charge is -2.16. The molecule has 0 unspecified atom stereocenters. The van der Waals surface area contributed by atoms with Gasteiger partial charge in [-0.2, -0.15) is 0 Å². The summed E-state index contributed by atoms with van der Waals surface area (Å²) in [5, 5.41) is 8.62. The van der Waals surface area contributed by atoms with Crippen LogP contribution in [-0.2, 0) is 11.2 Å². The number of benzene rings is 1. The van der Waals surface area contributed by atoms with Crippen molar-refractivity contribution in [1.82, 2.24) is 4.90 Å². The fraction of sp³-hybridized carbons (Fsp3) is 0.533. The third kappa shape index (κ3) is 5.75. The van der Waals surface area contributed by atoms with E-state index in [1.165, 1.54) is 5.56 Å². The SMILES string of the molecule is CCOc1ccc(CCN(C)CCC(=O)O)cc1C. The Hall–Kier alpha value is -1.55. The average molecular weight is 265 g/mol. The van der Waals surface area contributed by atoms with Gasteiger partial charge in [-0.15, -0.1) is 0 Å². The molecule has 0 amide bonds. The lowest BCUT2D eigenvalue weighted by molar-refractivity contribution is -0.137. The molecule has 0 atom stereocenters. The molecule has 1 aromatic carbocycles. The maximum atomic E-state index is 10.5. The number of aryl methyl sites for hydroxylation is 1. The van der Waals surface area contributed by atoms with Gasteiger partial charge in [-0.3, -0.25) is 4.79 Å². The number of nitrogens with zero attached hydrogens (tertiary/aromatic N) is 1. The molecule has 0 fully saturated rings. The summed E-state index contributed by atoms with van der Waals surface area (Å²) in [5.74, 6) is 0.189. The van der Waals surface area contributed by atoms with E-state index in [0.29, 0.717) is 13.2 Å². The van der Waals surface area contributed by atoms with Crippen LogP contribution in [0.15, 0.2) is 18.2 Å². The van der Waals surface area contributed by atoms with Gasteiger partial charge in [0, 0.05) is 13.1 Å². The standard InChI is InChI=1S/C15H23NO3/c1-4-19-14-6-5-13(11-12(14)2)7-9-16(3)10-8-15(17)18/h5-6,11H,4,7-10H2,1-3H3,(H,17,18). The molecule has 0 bridgehead atoms. The van der Waals surface area contributed by atoms with E-state index in [2.05, 4.69) is 12.1 Å². The molecule has 4 nitrogen and oxygen atoms in total. The summed E-state index contributed by atoms with van der Waals surface area (Å²) in [6.45, 7) is 6.15. The number of rotatable bonds is 8. The summed E-state index contributed by atoms with van der Waals surface area (Å²) in [6, 6.07) is 6.21. The van der Waals surface area contributed by atoms with E-state index in [1.54, 1.807) is 0 Å². The predicted octanol–water partition coefficient (Wildman–Crippen LogP) is 2.34. The molecular weight excluding hydrogens is 242 g/mol. The first-order valence-corrected chi connectivity index (χ1v) is 6.65. The number of ether oxygens (including phenoxy) is 1. The Morgan fingerprint density at radius 2 is 2.11 bits per heavy atom. The third-order valence-electron chi connectivity index (χ3n) is 3.03. The Balaban J connectivity index is 2.45. The van der Waals surface area contributed by atoms with Gasteiger partial charge in [0.1, 0.15) is 5.75 Å². The maximum absolute atomic E-state index is 10.5. The van der Waals surface area contributed by atoms with Crippen molar-refractivity contribution in [2.45, 2.75) is 26.7 Å². The smallest absolute Gasteiger partial charge is 0.304 e. The van der Waals surface area contributed by atoms with E-state index in [4.69, 9.17) is 9.84 Å². The normalized spacial score (nSPS) is 10.7. The van der Waals surface area contributed by atoms with Gasteiger partial charge >= 0.3 is 5.97 Å². The molecule has 0 spiro atoms. The van der Waals surface area contributed by atoms with Gasteiger partial charge in [0.25, 0.3) is 0 Å². The summed E-state index contributed by atoms with van der Waals surface area (Å²) in [7, 11) is 1.95. The average Bonchev–Trinajstić information content (AvgIpc) is 2.37. The van der Waals surface area contributed by atoms with Crippen LogP contribution < -0.4 is 4.74 Å². The molecule has 0 aromatic heterocycles. The van der Waals surface area contributed by atoms with Crippen molar-refractivity contribution in [3.8, 4) is 5.75 Å². The number of likely N-dealkylation sites (N-methyl/N-ethyl adjacent to an activating group) is 1. The zero-order chi connectivity index (χ0) is 14.3. The van der Waals surface area contributed by atoms with Gasteiger partial charge < -0.3 is 14.7 Å². The Bertz CT molecular complexity index is 418. The topological polar surface area (TPSA) is 49.8 Å². The fourth-order valence-corrected chi connectivity index (χ4v) is 1.90. The minimum absolute atomic E-state index is 0.193. The van der Waals surface area contributed by atoms with E-state index >= 15 is 0 Å². The van der Waals surface area contributed by atoms with Crippen LogP contribution in [0, 0.1) is 6.92 Å². The van der Waals surface area contributed by atoms with Crippen molar-refractivity contribution in [1.29, 1.82) is 0 Å². The lowest BCUT2D eigenvalue weighted by atomic mass is 10.1. The molecular formula is C15H23NO3. The molecule has 106 valence electrons. The molecule has 4 heteroatoms. The summed E-state index contributed by atoms with van der Waals surface area (Å²) < 4.78 is 5.51. The highest BCUT2D eigenvalue weighted by molar-refractivity contribution is 5.66. The minimum Gasteiger partial charge on any atom is -0.494 e. The van der Waals surface area contributed by atoms with Crippen LogP contribution in [0.2, 0.25) is 0 Å². The lowest BCUT2D eigenvalue weighted by Crippen LogP contribution is -2.24. The summed E-state index contributed by atoms with van der Waals surface area (Å²) in [4.78, 5) is 12.5. The van der Waals surface area contributed by atoms with Gasteiger partial charge in [-0.25, -0.2) is 0 Å². The van der Waals surface area contributed by atoms with E-state index in [-0.39, 0.29) is 6.42 Å². The molecule has 1 rings (SSSR count). The molecule has 0 saturated carbocycles. The molecule has 0 aliphatic heterocycles.